The van der Waals surface area contributed by atoms with Crippen LogP contribution < -0.4 is 9.74 Å². The predicted octanol–water partition coefficient (Wildman–Crippen LogP) is 4.20. The summed E-state index contributed by atoms with van der Waals surface area (Å²) in [6, 6.07) is 24.2. The van der Waals surface area contributed by atoms with Gasteiger partial charge in [-0.25, -0.2) is 0 Å². The molecule has 1 fully saturated rings. The third-order valence-electron chi connectivity index (χ3n) is 6.18. The fraction of sp³-hybridized carbons (Fsp3) is 0.308. The summed E-state index contributed by atoms with van der Waals surface area (Å²) in [5.74, 6) is 0. The van der Waals surface area contributed by atoms with E-state index in [1.807, 2.05) is 17.9 Å². The molecule has 5 nitrogen and oxygen atoms in total. The number of piperazine rings is 1. The Morgan fingerprint density at radius 3 is 2.44 bits per heavy atom. The molecule has 0 saturated carbocycles. The van der Waals surface area contributed by atoms with Crippen LogP contribution >= 0.6 is 12.4 Å². The Bertz CT molecular complexity index is 1150. The summed E-state index contributed by atoms with van der Waals surface area (Å²) in [7, 11) is 0. The van der Waals surface area contributed by atoms with E-state index in [9.17, 15) is 0 Å². The topological polar surface area (TPSA) is 52.1 Å². The number of nitrogens with zero attached hydrogens (tertiary/aromatic N) is 3. The Morgan fingerprint density at radius 2 is 1.62 bits per heavy atom. The molecule has 1 aliphatic rings. The van der Waals surface area contributed by atoms with Crippen molar-refractivity contribution in [3.63, 3.8) is 0 Å². The summed E-state index contributed by atoms with van der Waals surface area (Å²) in [5, 5.41) is 3.94. The lowest BCUT2D eigenvalue weighted by molar-refractivity contribution is 0.132. The summed E-state index contributed by atoms with van der Waals surface area (Å²) in [6.07, 6.45) is 3.09. The quantitative estimate of drug-likeness (QED) is 0.439. The van der Waals surface area contributed by atoms with Crippen molar-refractivity contribution in [1.29, 1.82) is 0 Å². The van der Waals surface area contributed by atoms with Gasteiger partial charge in [0, 0.05) is 55.4 Å². The van der Waals surface area contributed by atoms with Gasteiger partial charge in [0.1, 0.15) is 6.61 Å². The first-order valence-electron chi connectivity index (χ1n) is 11.0. The first kappa shape index (κ1) is 23.9. The summed E-state index contributed by atoms with van der Waals surface area (Å²) in [6.45, 7) is 8.21. The lowest BCUT2D eigenvalue weighted by atomic mass is 10.1. The van der Waals surface area contributed by atoms with Gasteiger partial charge in [-0.05, 0) is 48.6 Å². The summed E-state index contributed by atoms with van der Waals surface area (Å²) >= 11 is 0. The van der Waals surface area contributed by atoms with Crippen LogP contribution in [-0.2, 0) is 6.42 Å². The number of fused-ring (bicyclic) bond motifs is 2. The number of aromatic nitrogens is 1. The highest BCUT2D eigenvalue weighted by atomic mass is 35.5. The van der Waals surface area contributed by atoms with Crippen LogP contribution in [-0.4, -0.2) is 54.4 Å². The lowest BCUT2D eigenvalue weighted by Gasteiger charge is -2.36. The Balaban J connectivity index is 0.00000144. The number of hydrogen-bond donors (Lipinski definition) is 0. The van der Waals surface area contributed by atoms with Crippen molar-refractivity contribution in [3.05, 3.63) is 78.5 Å². The van der Waals surface area contributed by atoms with Crippen LogP contribution in [0.3, 0.4) is 0 Å². The van der Waals surface area contributed by atoms with Crippen LogP contribution in [0.25, 0.3) is 21.7 Å². The third-order valence-corrected chi connectivity index (χ3v) is 6.18. The first-order valence-corrected chi connectivity index (χ1v) is 11.0. The van der Waals surface area contributed by atoms with E-state index in [4.69, 9.17) is 4.84 Å². The van der Waals surface area contributed by atoms with Gasteiger partial charge in [-0.15, -0.1) is 12.4 Å². The first-order chi connectivity index (χ1) is 14.8. The van der Waals surface area contributed by atoms with Gasteiger partial charge < -0.3 is 15.2 Å². The van der Waals surface area contributed by atoms with E-state index >= 15 is 0 Å². The zero-order valence-electron chi connectivity index (χ0n) is 18.5. The summed E-state index contributed by atoms with van der Waals surface area (Å²) in [5.41, 5.74) is 3.91. The van der Waals surface area contributed by atoms with Gasteiger partial charge in [-0.2, -0.15) is 4.73 Å². The molecule has 0 unspecified atom stereocenters. The van der Waals surface area contributed by atoms with Crippen LogP contribution in [0, 0.1) is 0 Å². The molecule has 32 heavy (non-hydrogen) atoms. The highest BCUT2D eigenvalue weighted by molar-refractivity contribution is 5.94. The smallest absolute Gasteiger partial charge is 0.112 e. The van der Waals surface area contributed by atoms with E-state index in [0.29, 0.717) is 6.61 Å². The van der Waals surface area contributed by atoms with Crippen LogP contribution in [0.2, 0.25) is 0 Å². The molecule has 1 aliphatic heterocycles. The summed E-state index contributed by atoms with van der Waals surface area (Å²) < 4.78 is 1.87. The largest absolute Gasteiger partial charge is 0.414 e. The molecule has 1 saturated heterocycles. The molecule has 2 N–H and O–H groups in total. The van der Waals surface area contributed by atoms with Crippen LogP contribution in [0.5, 0.6) is 0 Å². The zero-order valence-corrected chi connectivity index (χ0v) is 19.4. The van der Waals surface area contributed by atoms with Gasteiger partial charge in [0.25, 0.3) is 0 Å². The van der Waals surface area contributed by atoms with E-state index < -0.39 is 0 Å². The maximum absolute atomic E-state index is 5.63. The molecule has 0 bridgehead atoms. The van der Waals surface area contributed by atoms with Gasteiger partial charge in [-0.1, -0.05) is 42.5 Å². The molecule has 0 atom stereocenters. The Morgan fingerprint density at radius 1 is 0.844 bits per heavy atom. The lowest BCUT2D eigenvalue weighted by Crippen LogP contribution is -2.47. The Kier molecular flexibility index (Phi) is 8.02. The maximum Gasteiger partial charge on any atom is 0.112 e. The van der Waals surface area contributed by atoms with Gasteiger partial charge in [0.15, 0.2) is 0 Å². The van der Waals surface area contributed by atoms with Crippen molar-refractivity contribution in [2.24, 2.45) is 0 Å². The second-order valence-electron chi connectivity index (χ2n) is 8.03. The van der Waals surface area contributed by atoms with E-state index in [2.05, 4.69) is 76.5 Å². The molecule has 0 aliphatic carbocycles. The number of halogens is 1. The minimum absolute atomic E-state index is 0. The van der Waals surface area contributed by atoms with Crippen LogP contribution in [0.1, 0.15) is 12.5 Å². The average molecular weight is 454 g/mol. The van der Waals surface area contributed by atoms with E-state index in [1.165, 1.54) is 27.4 Å². The van der Waals surface area contributed by atoms with E-state index in [-0.39, 0.29) is 17.9 Å². The highest BCUT2D eigenvalue weighted by Gasteiger charge is 2.18. The Hall–Kier alpha value is -2.73. The van der Waals surface area contributed by atoms with Crippen LogP contribution in [0.4, 0.5) is 5.69 Å². The monoisotopic (exact) mass is 453 g/mol. The minimum Gasteiger partial charge on any atom is -0.414 e. The number of anilines is 1. The fourth-order valence-corrected chi connectivity index (χ4v) is 4.56. The molecule has 3 aromatic carbocycles. The van der Waals surface area contributed by atoms with Gasteiger partial charge in [0.05, 0.1) is 5.52 Å². The second-order valence-corrected chi connectivity index (χ2v) is 8.03. The normalized spacial score (nSPS) is 14.2. The fourth-order valence-electron chi connectivity index (χ4n) is 4.56. The van der Waals surface area contributed by atoms with Crippen molar-refractivity contribution < 1.29 is 10.3 Å². The van der Waals surface area contributed by atoms with Crippen molar-refractivity contribution in [2.75, 3.05) is 44.2 Å². The molecule has 1 aromatic heterocycles. The zero-order chi connectivity index (χ0) is 20.3. The number of rotatable bonds is 6. The molecule has 5 rings (SSSR count). The number of hydrogen-bond acceptors (Lipinski definition) is 3. The van der Waals surface area contributed by atoms with Gasteiger partial charge in [0.2, 0.25) is 0 Å². The van der Waals surface area contributed by atoms with Gasteiger partial charge >= 0.3 is 0 Å². The van der Waals surface area contributed by atoms with E-state index in [1.54, 1.807) is 0 Å². The second kappa shape index (κ2) is 10.7. The van der Waals surface area contributed by atoms with Crippen molar-refractivity contribution >= 4 is 39.8 Å². The molecule has 6 heteroatoms. The van der Waals surface area contributed by atoms with Crippen molar-refractivity contribution in [3.8, 4) is 0 Å². The third kappa shape index (κ3) is 4.85. The molecular weight excluding hydrogens is 422 g/mol. The SMILES string of the molecule is CCOn1ccc2cc(CCN3CCN(c4cccc5ccccc45)CC3)ccc21.Cl.O. The van der Waals surface area contributed by atoms with Gasteiger partial charge in [-0.3, -0.25) is 4.90 Å². The summed E-state index contributed by atoms with van der Waals surface area (Å²) in [4.78, 5) is 10.8. The standard InChI is InChI=1S/C26H29N3O.ClH.H2O/c1-2-30-29-15-13-23-20-21(10-11-25(23)29)12-14-27-16-18-28(19-17-27)26-9-5-7-22-6-3-4-8-24(22)26;;/h3-11,13,15,20H,2,12,14,16-19H2,1H3;1H;1H2. The molecule has 170 valence electrons. The molecular formula is C26H32ClN3O2. The molecule has 4 aromatic rings. The maximum atomic E-state index is 5.63. The van der Waals surface area contributed by atoms with E-state index in [0.717, 1.165) is 44.7 Å². The predicted molar refractivity (Wildman–Crippen MR) is 136 cm³/mol. The molecule has 2 heterocycles. The molecule has 0 radical (unpaired) electrons. The van der Waals surface area contributed by atoms with Crippen molar-refractivity contribution in [1.82, 2.24) is 9.63 Å². The average Bonchev–Trinajstić information content (AvgIpc) is 3.20. The van der Waals surface area contributed by atoms with Crippen LogP contribution in [0.15, 0.2) is 72.9 Å². The van der Waals surface area contributed by atoms with Crippen molar-refractivity contribution in [2.45, 2.75) is 13.3 Å². The number of benzene rings is 3. The molecule has 0 amide bonds. The Labute approximate surface area is 195 Å². The minimum atomic E-state index is 0. The molecule has 0 spiro atoms. The highest BCUT2D eigenvalue weighted by Crippen LogP contribution is 2.27.